The third-order valence-electron chi connectivity index (χ3n) is 1.29. The number of hydrogen-bond donors (Lipinski definition) is 1. The summed E-state index contributed by atoms with van der Waals surface area (Å²) in [5.41, 5.74) is -2.72. The molecule has 0 aromatic rings. The van der Waals surface area contributed by atoms with Crippen molar-refractivity contribution in [3.63, 3.8) is 0 Å². The first-order valence-corrected chi connectivity index (χ1v) is 3.20. The number of carboxylic acid groups (broad SMARTS) is 1. The molecule has 0 fully saturated rings. The minimum Gasteiger partial charge on any atom is -0.870 e. The molecular formula is C6H10GaO8+3. The Kier molecular flexibility index (Phi) is 9.48. The molecule has 0 saturated heterocycles. The summed E-state index contributed by atoms with van der Waals surface area (Å²) in [5.74, 6) is -4.71. The quantitative estimate of drug-likeness (QED) is 0.391. The van der Waals surface area contributed by atoms with Gasteiger partial charge >= 0.3 is 31.7 Å². The van der Waals surface area contributed by atoms with E-state index in [1.807, 2.05) is 0 Å². The molecule has 0 spiro atoms. The van der Waals surface area contributed by atoms with Gasteiger partial charge in [-0.25, -0.2) is 0 Å². The van der Waals surface area contributed by atoms with Crippen molar-refractivity contribution in [1.82, 2.24) is 0 Å². The van der Waals surface area contributed by atoms with Crippen molar-refractivity contribution in [2.24, 2.45) is 0 Å². The summed E-state index contributed by atoms with van der Waals surface area (Å²) in [6, 6.07) is 0. The van der Waals surface area contributed by atoms with Gasteiger partial charge in [-0.15, -0.1) is 0 Å². The molecule has 0 radical (unpaired) electrons. The fourth-order valence-electron chi connectivity index (χ4n) is 0.738. The molecule has 0 atom stereocenters. The molecule has 8 nitrogen and oxygen atoms in total. The third kappa shape index (κ3) is 6.96. The van der Waals surface area contributed by atoms with Gasteiger partial charge in [-0.2, -0.15) is 0 Å². The second kappa shape index (κ2) is 7.28. The number of carbonyl (C=O) groups excluding carboxylic acids is 3. The van der Waals surface area contributed by atoms with Crippen LogP contribution in [0, 0.1) is 0 Å². The van der Waals surface area contributed by atoms with Crippen molar-refractivity contribution in [2.75, 3.05) is 0 Å². The van der Waals surface area contributed by atoms with Crippen LogP contribution in [0.4, 0.5) is 0 Å². The van der Waals surface area contributed by atoms with Crippen molar-refractivity contribution < 1.29 is 40.3 Å². The molecule has 0 aliphatic rings. The molecule has 0 aromatic heterocycles. The molecule has 82 valence electrons. The first-order valence-electron chi connectivity index (χ1n) is 3.20. The van der Waals surface area contributed by atoms with Gasteiger partial charge in [-0.1, -0.05) is 0 Å². The van der Waals surface area contributed by atoms with Crippen LogP contribution in [0.5, 0.6) is 0 Å². The van der Waals surface area contributed by atoms with Crippen LogP contribution in [-0.2, 0) is 14.4 Å². The zero-order chi connectivity index (χ0) is 10.6. The molecule has 0 amide bonds. The zero-order valence-corrected chi connectivity index (χ0v) is 9.94. The topological polar surface area (TPSA) is 170 Å². The van der Waals surface area contributed by atoms with E-state index in [0.717, 1.165) is 0 Å². The van der Waals surface area contributed by atoms with Crippen LogP contribution in [0.15, 0.2) is 0 Å². The van der Waals surface area contributed by atoms with E-state index in [0.29, 0.717) is 0 Å². The third-order valence-corrected chi connectivity index (χ3v) is 1.29. The predicted octanol–water partition coefficient (Wildman–Crippen LogP) is -4.81. The van der Waals surface area contributed by atoms with Crippen molar-refractivity contribution in [3.8, 4) is 0 Å². The molecular weight excluding hydrogens is 270 g/mol. The minimum absolute atomic E-state index is 0. The second-order valence-corrected chi connectivity index (χ2v) is 2.52. The average Bonchev–Trinajstić information content (AvgIpc) is 1.82. The van der Waals surface area contributed by atoms with Gasteiger partial charge in [0.2, 0.25) is 0 Å². The number of hydrogen-bond acceptors (Lipinski definition) is 6. The molecule has 0 unspecified atom stereocenters. The van der Waals surface area contributed by atoms with Crippen LogP contribution in [0.25, 0.3) is 0 Å². The van der Waals surface area contributed by atoms with Gasteiger partial charge in [0.05, 0.1) is 5.97 Å². The van der Waals surface area contributed by atoms with E-state index < -0.39 is 36.4 Å². The molecule has 9 heteroatoms. The number of carboxylic acids is 1. The summed E-state index contributed by atoms with van der Waals surface area (Å²) in [7, 11) is 0. The van der Waals surface area contributed by atoms with Crippen LogP contribution >= 0.6 is 0 Å². The van der Waals surface area contributed by atoms with Gasteiger partial charge in [0.15, 0.2) is 0 Å². The Morgan fingerprint density at radius 1 is 1.13 bits per heavy atom. The van der Waals surface area contributed by atoms with E-state index in [9.17, 15) is 19.5 Å². The fourth-order valence-corrected chi connectivity index (χ4v) is 0.738. The molecule has 0 rings (SSSR count). The van der Waals surface area contributed by atoms with E-state index in [1.165, 1.54) is 0 Å². The maximum atomic E-state index is 10.3. The van der Waals surface area contributed by atoms with Crippen LogP contribution in [0.3, 0.4) is 0 Å². The Labute approximate surface area is 96.9 Å². The smallest absolute Gasteiger partial charge is 0.870 e. The van der Waals surface area contributed by atoms with E-state index in [-0.39, 0.29) is 25.3 Å². The number of rotatable bonds is 5. The first-order chi connectivity index (χ1) is 5.78. The SMILES string of the molecule is O=C([OH2+])CC(O)(CC(=O)[OH2+])C(=O)[O-].[Ga+3].[OH-]. The van der Waals surface area contributed by atoms with Gasteiger partial charge in [0.1, 0.15) is 18.4 Å². The van der Waals surface area contributed by atoms with E-state index in [2.05, 4.69) is 0 Å². The van der Waals surface area contributed by atoms with E-state index in [1.54, 1.807) is 0 Å². The molecule has 6 N–H and O–H groups in total. The summed E-state index contributed by atoms with van der Waals surface area (Å²) in [5, 5.41) is 32.2. The molecule has 0 aliphatic carbocycles. The maximum absolute atomic E-state index is 10.3. The Hall–Kier alpha value is -1.03. The Balaban J connectivity index is -0.000000720. The van der Waals surface area contributed by atoms with E-state index >= 15 is 0 Å². The van der Waals surface area contributed by atoms with Gasteiger partial charge in [-0.05, 0) is 0 Å². The van der Waals surface area contributed by atoms with Crippen molar-refractivity contribution >= 4 is 37.7 Å². The second-order valence-electron chi connectivity index (χ2n) is 2.52. The number of carbonyl (C=O) groups is 3. The Morgan fingerprint density at radius 2 is 1.40 bits per heavy atom. The summed E-state index contributed by atoms with van der Waals surface area (Å²) in [4.78, 5) is 30.6. The summed E-state index contributed by atoms with van der Waals surface area (Å²) in [6.45, 7) is 0. The normalized spacial score (nSPS) is 9.40. The first kappa shape index (κ1) is 19.5. The van der Waals surface area contributed by atoms with Crippen molar-refractivity contribution in [3.05, 3.63) is 0 Å². The van der Waals surface area contributed by atoms with Crippen LogP contribution < -0.4 is 5.11 Å². The van der Waals surface area contributed by atoms with Gasteiger partial charge in [0.25, 0.3) is 0 Å². The van der Waals surface area contributed by atoms with E-state index in [4.69, 9.17) is 15.3 Å². The minimum atomic E-state index is -2.72. The number of aliphatic hydroxyl groups is 1. The number of aliphatic carboxylic acids is 1. The Bertz CT molecular complexity index is 234. The monoisotopic (exact) mass is 279 g/mol. The van der Waals surface area contributed by atoms with Gasteiger partial charge in [0, 0.05) is 9.59 Å². The molecule has 0 aliphatic heterocycles. The average molecular weight is 280 g/mol. The fraction of sp³-hybridized carbons (Fsp3) is 0.500. The summed E-state index contributed by atoms with van der Waals surface area (Å²) >= 11 is 0. The van der Waals surface area contributed by atoms with Gasteiger partial charge in [-0.3, -0.25) is 0 Å². The summed E-state index contributed by atoms with van der Waals surface area (Å²) < 4.78 is 0. The zero-order valence-electron chi connectivity index (χ0n) is 7.52. The molecule has 0 heterocycles. The molecule has 0 saturated carbocycles. The molecule has 15 heavy (non-hydrogen) atoms. The van der Waals surface area contributed by atoms with Gasteiger partial charge < -0.3 is 30.7 Å². The standard InChI is InChI=1S/C6H8O7.Ga.H2O/c7-3(8)1-6(13,5(11)12)2-4(9)10;;/h13H,1-2H2,(H,7,8)(H,9,10)(H,11,12);;1H2/q;+3;. The predicted molar refractivity (Wildman–Crippen MR) is 44.1 cm³/mol. The van der Waals surface area contributed by atoms with Crippen molar-refractivity contribution in [1.29, 1.82) is 0 Å². The maximum Gasteiger partial charge on any atom is 3.00 e. The summed E-state index contributed by atoms with van der Waals surface area (Å²) in [6.07, 6.45) is -2.11. The van der Waals surface area contributed by atoms with Crippen LogP contribution in [0.1, 0.15) is 12.8 Å². The Morgan fingerprint density at radius 3 is 1.53 bits per heavy atom. The van der Waals surface area contributed by atoms with Crippen molar-refractivity contribution in [2.45, 2.75) is 18.4 Å². The van der Waals surface area contributed by atoms with Crippen LogP contribution in [0.2, 0.25) is 0 Å². The largest absolute Gasteiger partial charge is 3.00 e. The molecule has 0 aromatic carbocycles. The molecule has 0 bridgehead atoms. The van der Waals surface area contributed by atoms with Crippen LogP contribution in [-0.4, -0.2) is 64.1 Å².